The van der Waals surface area contributed by atoms with Crippen LogP contribution in [-0.2, 0) is 19.2 Å². The van der Waals surface area contributed by atoms with Crippen LogP contribution in [0.5, 0.6) is 0 Å². The summed E-state index contributed by atoms with van der Waals surface area (Å²) in [5.41, 5.74) is -2.74. The molecule has 0 aliphatic rings. The van der Waals surface area contributed by atoms with Gasteiger partial charge in [0.15, 0.2) is 5.60 Å². The molecule has 0 aromatic rings. The van der Waals surface area contributed by atoms with Gasteiger partial charge in [0.05, 0.1) is 12.8 Å². The van der Waals surface area contributed by atoms with Crippen LogP contribution in [0.25, 0.3) is 0 Å². The Morgan fingerprint density at radius 3 is 0.974 bits per heavy atom. The Balaban J connectivity index is -0.000000175. The van der Waals surface area contributed by atoms with E-state index >= 15 is 0 Å². The third kappa shape index (κ3) is 44.1. The van der Waals surface area contributed by atoms with Crippen LogP contribution < -0.4 is 0 Å². The maximum absolute atomic E-state index is 10.3. The third-order valence-corrected chi connectivity index (χ3v) is 5.28. The summed E-state index contributed by atoms with van der Waals surface area (Å²) in [6.45, 7) is 2.27. The summed E-state index contributed by atoms with van der Waals surface area (Å²) >= 11 is 0. The number of carbonyl (C=O) groups is 5. The SMILES string of the molecule is CCCCCCCCCCCCCCCCCC(=O)O.O=C(O)CC(O)(CC(=O)O)C(=O)O.O=C(O)O.[MgH2].[NaH]. The molecule has 0 bridgehead atoms. The molecule has 0 aliphatic heterocycles. The van der Waals surface area contributed by atoms with E-state index in [4.69, 9.17) is 40.5 Å². The number of aliphatic hydroxyl groups is 1. The number of hydrogen-bond acceptors (Lipinski definition) is 6. The van der Waals surface area contributed by atoms with Crippen molar-refractivity contribution in [2.45, 2.75) is 128 Å². The number of carboxylic acid groups (broad SMARTS) is 6. The molecule has 0 aliphatic carbocycles. The normalized spacial score (nSPS) is 9.79. The number of aliphatic carboxylic acids is 4. The van der Waals surface area contributed by atoms with Gasteiger partial charge in [-0.15, -0.1) is 0 Å². The van der Waals surface area contributed by atoms with E-state index in [1.54, 1.807) is 0 Å². The van der Waals surface area contributed by atoms with E-state index in [-0.39, 0.29) is 52.6 Å². The third-order valence-electron chi connectivity index (χ3n) is 5.28. The zero-order valence-electron chi connectivity index (χ0n) is 21.9. The fraction of sp³-hybridized carbons (Fsp3) is 0.800. The molecule has 0 saturated carbocycles. The van der Waals surface area contributed by atoms with E-state index in [2.05, 4.69) is 6.92 Å². The minimum absolute atomic E-state index is 0. The predicted octanol–water partition coefficient (Wildman–Crippen LogP) is 3.74. The molecule has 0 spiro atoms. The van der Waals surface area contributed by atoms with E-state index < -0.39 is 48.5 Å². The Morgan fingerprint density at radius 2 is 0.769 bits per heavy atom. The predicted molar refractivity (Wildman–Crippen MR) is 151 cm³/mol. The van der Waals surface area contributed by atoms with Crippen LogP contribution in [0, 0.1) is 0 Å². The first-order valence-corrected chi connectivity index (χ1v) is 12.8. The summed E-state index contributed by atoms with van der Waals surface area (Å²) in [6, 6.07) is 0. The Bertz CT molecular complexity index is 627. The fourth-order valence-corrected chi connectivity index (χ4v) is 3.36. The van der Waals surface area contributed by atoms with Crippen molar-refractivity contribution < 1.29 is 59.7 Å². The summed E-state index contributed by atoms with van der Waals surface area (Å²) in [7, 11) is 0. The molecule has 0 aromatic heterocycles. The van der Waals surface area contributed by atoms with Gasteiger partial charge in [-0.3, -0.25) is 14.4 Å². The van der Waals surface area contributed by atoms with Gasteiger partial charge in [-0.05, 0) is 6.42 Å². The first kappa shape index (κ1) is 47.7. The Morgan fingerprint density at radius 1 is 0.513 bits per heavy atom. The van der Waals surface area contributed by atoms with Gasteiger partial charge in [0, 0.05) is 6.42 Å². The molecule has 0 heterocycles. The Hall–Kier alpha value is -1.12. The zero-order chi connectivity index (χ0) is 29.1. The first-order valence-electron chi connectivity index (χ1n) is 12.8. The topological polar surface area (TPSA) is 227 Å². The van der Waals surface area contributed by atoms with Crippen LogP contribution >= 0.6 is 0 Å². The van der Waals surface area contributed by atoms with Gasteiger partial charge in [0.25, 0.3) is 0 Å². The van der Waals surface area contributed by atoms with Gasteiger partial charge in [-0.2, -0.15) is 0 Å². The second kappa shape index (κ2) is 33.1. The van der Waals surface area contributed by atoms with Crippen LogP contribution in [0.15, 0.2) is 0 Å². The summed E-state index contributed by atoms with van der Waals surface area (Å²) in [5, 5.41) is 56.3. The number of rotatable bonds is 21. The molecule has 0 unspecified atom stereocenters. The molecule has 7 N–H and O–H groups in total. The number of hydrogen-bond donors (Lipinski definition) is 7. The van der Waals surface area contributed by atoms with Gasteiger partial charge in [0.1, 0.15) is 0 Å². The van der Waals surface area contributed by atoms with Crippen molar-refractivity contribution >= 4 is 82.6 Å². The number of carboxylic acids is 4. The summed E-state index contributed by atoms with van der Waals surface area (Å²) < 4.78 is 0. The monoisotopic (exact) mass is 588 g/mol. The molecule has 12 nitrogen and oxygen atoms in total. The molecule has 0 radical (unpaired) electrons. The first-order chi connectivity index (χ1) is 17.3. The number of unbranched alkanes of at least 4 members (excludes halogenated alkanes) is 14. The molecule has 224 valence electrons. The fourth-order valence-electron chi connectivity index (χ4n) is 3.36. The summed E-state index contributed by atoms with van der Waals surface area (Å²) in [6.07, 6.45) is 16.1. The van der Waals surface area contributed by atoms with Crippen molar-refractivity contribution in [3.05, 3.63) is 0 Å². The van der Waals surface area contributed by atoms with E-state index in [0.717, 1.165) is 12.8 Å². The summed E-state index contributed by atoms with van der Waals surface area (Å²) in [4.78, 5) is 49.4. The molecule has 0 saturated heterocycles. The van der Waals surface area contributed by atoms with Gasteiger partial charge in [-0.1, -0.05) is 96.8 Å². The Labute approximate surface area is 269 Å². The van der Waals surface area contributed by atoms with Crippen LogP contribution in [0.2, 0.25) is 0 Å². The molecular weight excluding hydrogens is 540 g/mol. The van der Waals surface area contributed by atoms with E-state index in [1.807, 2.05) is 0 Å². The molecule has 0 fully saturated rings. The van der Waals surface area contributed by atoms with Gasteiger partial charge >= 0.3 is 82.6 Å². The molecule has 0 rings (SSSR count). The van der Waals surface area contributed by atoms with Crippen LogP contribution in [0.4, 0.5) is 4.79 Å². The molecule has 14 heteroatoms. The van der Waals surface area contributed by atoms with E-state index in [0.29, 0.717) is 6.42 Å². The standard InChI is InChI=1S/C18H36O2.C6H8O7.CH2O3.Mg.Na.3H/c1-2-3-4-5-6-7-8-9-10-11-12-13-14-15-16-17-18(19)20;7-3(8)1-6(13,5(11)12)2-4(9)10;2-1(3)4;;;;;/h2-17H2,1H3,(H,19,20);13H,1-2H2,(H,7,8)(H,9,10)(H,11,12);(H2,2,3,4);;;;;. The van der Waals surface area contributed by atoms with Crippen LogP contribution in [-0.4, -0.2) is 124 Å². The van der Waals surface area contributed by atoms with Crippen LogP contribution in [0.1, 0.15) is 122 Å². The quantitative estimate of drug-likeness (QED) is 0.0751. The molecule has 0 atom stereocenters. The van der Waals surface area contributed by atoms with E-state index in [1.165, 1.54) is 83.5 Å². The molecule has 0 amide bonds. The van der Waals surface area contributed by atoms with Crippen molar-refractivity contribution in [3.8, 4) is 0 Å². The van der Waals surface area contributed by atoms with Crippen molar-refractivity contribution in [1.82, 2.24) is 0 Å². The van der Waals surface area contributed by atoms with Gasteiger partial charge in [0.2, 0.25) is 0 Å². The molecule has 39 heavy (non-hydrogen) atoms. The van der Waals surface area contributed by atoms with Crippen LogP contribution in [0.3, 0.4) is 0 Å². The van der Waals surface area contributed by atoms with Crippen molar-refractivity contribution in [2.75, 3.05) is 0 Å². The average molecular weight is 589 g/mol. The van der Waals surface area contributed by atoms with Crippen molar-refractivity contribution in [1.29, 1.82) is 0 Å². The second-order valence-corrected chi connectivity index (χ2v) is 8.85. The molecule has 0 aromatic carbocycles. The van der Waals surface area contributed by atoms with E-state index in [9.17, 15) is 19.2 Å². The zero-order valence-corrected chi connectivity index (χ0v) is 21.9. The summed E-state index contributed by atoms with van der Waals surface area (Å²) in [5.74, 6) is -5.67. The molecular formula is C25H49MgNaO12. The van der Waals surface area contributed by atoms with Crippen molar-refractivity contribution in [3.63, 3.8) is 0 Å². The Kier molecular flexibility index (Phi) is 40.4. The minimum atomic E-state index is -2.74. The maximum atomic E-state index is 10.3. The second-order valence-electron chi connectivity index (χ2n) is 8.85. The van der Waals surface area contributed by atoms with Crippen molar-refractivity contribution in [2.24, 2.45) is 0 Å². The average Bonchev–Trinajstić information content (AvgIpc) is 2.75. The van der Waals surface area contributed by atoms with Gasteiger partial charge in [-0.25, -0.2) is 9.59 Å². The van der Waals surface area contributed by atoms with Gasteiger partial charge < -0.3 is 35.7 Å².